The Bertz CT molecular complexity index is 643. The molecular weight excluding hydrogens is 517 g/mol. The molecule has 0 unspecified atom stereocenters. The van der Waals surface area contributed by atoms with Crippen molar-refractivity contribution in [2.75, 3.05) is 59.5 Å². The number of hydrogen-bond acceptors (Lipinski definition) is 9. The first kappa shape index (κ1) is 33.5. The van der Waals surface area contributed by atoms with Crippen molar-refractivity contribution in [2.45, 2.75) is 62.3 Å². The van der Waals surface area contributed by atoms with Crippen LogP contribution in [0.25, 0.3) is 0 Å². The molecule has 0 N–H and O–H groups in total. The monoisotopic (exact) mass is 564 g/mol. The highest BCUT2D eigenvalue weighted by molar-refractivity contribution is 6.92. The van der Waals surface area contributed by atoms with Crippen LogP contribution in [0.1, 0.15) is 62.3 Å². The molecule has 0 saturated carbocycles. The third kappa shape index (κ3) is 7.77. The molecule has 0 amide bonds. The van der Waals surface area contributed by atoms with Crippen LogP contribution in [0.5, 0.6) is 0 Å². The van der Waals surface area contributed by atoms with Gasteiger partial charge in [-0.15, -0.1) is 0 Å². The fraction of sp³-hybridized carbons (Fsp3) is 0.750. The highest BCUT2D eigenvalue weighted by Gasteiger charge is 2.59. The molecule has 0 fully saturated rings. The fourth-order valence-electron chi connectivity index (χ4n) is 4.16. The summed E-state index contributed by atoms with van der Waals surface area (Å²) in [7, 11) is -10.4. The Morgan fingerprint density at radius 2 is 0.611 bits per heavy atom. The molecule has 0 spiro atoms. The molecule has 0 radical (unpaired) electrons. The Hall–Kier alpha value is -0.489. The molecule has 1 rings (SSSR count). The van der Waals surface area contributed by atoms with Gasteiger partial charge in [-0.25, -0.2) is 0 Å². The van der Waals surface area contributed by atoms with E-state index in [1.54, 1.807) is 0 Å². The minimum Gasteiger partial charge on any atom is -0.370 e. The Kier molecular flexibility index (Phi) is 16.0. The second-order valence-corrected chi connectivity index (χ2v) is 14.8. The summed E-state index contributed by atoms with van der Waals surface area (Å²) < 4.78 is 57.5. The highest BCUT2D eigenvalue weighted by Crippen LogP contribution is 2.19. The lowest BCUT2D eigenvalue weighted by atomic mass is 10.3. The molecule has 12 heteroatoms. The minimum absolute atomic E-state index is 0.388. The van der Waals surface area contributed by atoms with E-state index in [-0.39, 0.29) is 0 Å². The van der Waals surface area contributed by atoms with Crippen LogP contribution in [0.4, 0.5) is 0 Å². The molecule has 0 bridgehead atoms. The van der Waals surface area contributed by atoms with E-state index >= 15 is 0 Å². The third-order valence-electron chi connectivity index (χ3n) is 5.04. The Morgan fingerprint density at radius 3 is 0.833 bits per heavy atom. The van der Waals surface area contributed by atoms with Gasteiger partial charge < -0.3 is 39.8 Å². The number of benzene rings is 1. The van der Waals surface area contributed by atoms with Gasteiger partial charge in [-0.3, -0.25) is 0 Å². The number of hydrogen-bond donors (Lipinski definition) is 0. The molecule has 0 atom stereocenters. The highest BCUT2D eigenvalue weighted by atomic mass is 28.4. The Labute approximate surface area is 221 Å². The van der Waals surface area contributed by atoms with Gasteiger partial charge in [-0.1, -0.05) is 18.2 Å². The van der Waals surface area contributed by atoms with E-state index < -0.39 is 26.4 Å². The van der Waals surface area contributed by atoms with E-state index in [9.17, 15) is 0 Å². The average Bonchev–Trinajstić information content (AvgIpc) is 2.85. The zero-order valence-corrected chi connectivity index (χ0v) is 26.8. The maximum atomic E-state index is 6.44. The quantitative estimate of drug-likeness (QED) is 0.209. The smallest absolute Gasteiger partial charge is 0.370 e. The van der Waals surface area contributed by atoms with Crippen LogP contribution in [0.2, 0.25) is 0 Å². The van der Waals surface area contributed by atoms with Gasteiger partial charge in [0, 0.05) is 75.0 Å². The van der Waals surface area contributed by atoms with E-state index in [1.165, 1.54) is 0 Å². The zero-order chi connectivity index (χ0) is 27.1. The van der Waals surface area contributed by atoms with Crippen LogP contribution in [0, 0.1) is 0 Å². The van der Waals surface area contributed by atoms with Crippen LogP contribution in [0.15, 0.2) is 18.2 Å². The maximum Gasteiger partial charge on any atom is 0.537 e. The van der Waals surface area contributed by atoms with Gasteiger partial charge in [0.15, 0.2) is 0 Å². The van der Waals surface area contributed by atoms with Gasteiger partial charge in [0.2, 0.25) is 0 Å². The van der Waals surface area contributed by atoms with Crippen molar-refractivity contribution in [1.29, 1.82) is 0 Å². The van der Waals surface area contributed by atoms with Crippen LogP contribution >= 0.6 is 0 Å². The summed E-state index contributed by atoms with van der Waals surface area (Å²) in [5, 5.41) is 2.19. The first-order valence-electron chi connectivity index (χ1n) is 13.3. The summed E-state index contributed by atoms with van der Waals surface area (Å²) in [4.78, 5) is 0. The van der Waals surface area contributed by atoms with Crippen LogP contribution in [0.3, 0.4) is 0 Å². The first-order valence-corrected chi connectivity index (χ1v) is 18.5. The molecule has 9 nitrogen and oxygen atoms in total. The molecule has 0 heterocycles. The number of rotatable bonds is 21. The molecule has 210 valence electrons. The van der Waals surface area contributed by atoms with Crippen molar-refractivity contribution >= 4 is 42.0 Å². The van der Waals surface area contributed by atoms with Crippen molar-refractivity contribution in [3.05, 3.63) is 18.2 Å². The summed E-state index contributed by atoms with van der Waals surface area (Å²) in [6, 6.07) is 5.87. The van der Waals surface area contributed by atoms with E-state index in [2.05, 4.69) is 0 Å². The predicted molar refractivity (Wildman–Crippen MR) is 147 cm³/mol. The maximum absolute atomic E-state index is 6.44. The summed E-state index contributed by atoms with van der Waals surface area (Å²) in [5.41, 5.74) is 0. The van der Waals surface area contributed by atoms with Gasteiger partial charge in [-0.05, 0) is 62.3 Å². The summed E-state index contributed by atoms with van der Waals surface area (Å²) >= 11 is 0. The zero-order valence-electron chi connectivity index (χ0n) is 23.8. The topological polar surface area (TPSA) is 83.1 Å². The van der Waals surface area contributed by atoms with E-state index in [4.69, 9.17) is 39.8 Å². The summed E-state index contributed by atoms with van der Waals surface area (Å²) in [5.74, 6) is 0. The van der Waals surface area contributed by atoms with E-state index in [0.717, 1.165) is 10.4 Å². The lowest BCUT2D eigenvalue weighted by Crippen LogP contribution is -2.78. The molecule has 0 aliphatic heterocycles. The Morgan fingerprint density at radius 1 is 0.389 bits per heavy atom. The average molecular weight is 565 g/mol. The summed E-state index contributed by atoms with van der Waals surface area (Å²) in [6.45, 7) is 21.0. The van der Waals surface area contributed by atoms with E-state index in [0.29, 0.717) is 64.6 Å². The van der Waals surface area contributed by atoms with Crippen LogP contribution < -0.4 is 15.6 Å². The molecular formula is C24H48O9Si3. The van der Waals surface area contributed by atoms with Gasteiger partial charge >= 0.3 is 26.4 Å². The molecule has 0 aliphatic carbocycles. The lowest BCUT2D eigenvalue weighted by molar-refractivity contribution is 0.0783. The molecule has 36 heavy (non-hydrogen) atoms. The minimum atomic E-state index is -3.57. The van der Waals surface area contributed by atoms with Crippen molar-refractivity contribution in [3.8, 4) is 0 Å². The Balaban J connectivity index is 4.31. The second-order valence-electron chi connectivity index (χ2n) is 7.29. The molecule has 0 aromatic heterocycles. The van der Waals surface area contributed by atoms with Gasteiger partial charge in [0.1, 0.15) is 0 Å². The largest absolute Gasteiger partial charge is 0.537 e. The van der Waals surface area contributed by atoms with Crippen molar-refractivity contribution in [1.82, 2.24) is 0 Å². The molecule has 1 aromatic carbocycles. The van der Waals surface area contributed by atoms with E-state index in [1.807, 2.05) is 80.5 Å². The SMILES string of the molecule is CCO[Si](OCC)(OCC)c1cccc([Si](OCC)(OCC)OCC)c1[Si](OCC)(OCC)OCC. The van der Waals surface area contributed by atoms with Gasteiger partial charge in [0.25, 0.3) is 0 Å². The van der Waals surface area contributed by atoms with Crippen molar-refractivity contribution < 1.29 is 39.8 Å². The third-order valence-corrected chi connectivity index (χ3v) is 14.9. The van der Waals surface area contributed by atoms with Crippen molar-refractivity contribution in [2.24, 2.45) is 0 Å². The fourth-order valence-corrected chi connectivity index (χ4v) is 14.0. The standard InChI is InChI=1S/C24H48O9Si3/c1-10-25-34(26-11-2,27-12-3)22-20-19-21-23(35(28-13-4,29-14-5)30-15-6)24(22)36(31-16-7,32-17-8)33-18-9/h19-21H,10-18H2,1-9H3. The van der Waals surface area contributed by atoms with Crippen LogP contribution in [-0.4, -0.2) is 85.9 Å². The molecule has 0 saturated heterocycles. The van der Waals surface area contributed by atoms with Crippen molar-refractivity contribution in [3.63, 3.8) is 0 Å². The molecule has 1 aromatic rings. The summed E-state index contributed by atoms with van der Waals surface area (Å²) in [6.07, 6.45) is 0. The first-order chi connectivity index (χ1) is 17.4. The lowest BCUT2D eigenvalue weighted by Gasteiger charge is -2.39. The predicted octanol–water partition coefficient (Wildman–Crippen LogP) is 2.45. The van der Waals surface area contributed by atoms with Gasteiger partial charge in [-0.2, -0.15) is 0 Å². The second kappa shape index (κ2) is 17.2. The normalized spacial score (nSPS) is 12.9. The van der Waals surface area contributed by atoms with Gasteiger partial charge in [0.05, 0.1) is 0 Å². The van der Waals surface area contributed by atoms with Crippen LogP contribution in [-0.2, 0) is 39.8 Å². The molecule has 0 aliphatic rings.